The highest BCUT2D eigenvalue weighted by Gasteiger charge is 2.33. The molecule has 0 unspecified atom stereocenters. The van der Waals surface area contributed by atoms with Crippen molar-refractivity contribution in [3.05, 3.63) is 7.05 Å². The van der Waals surface area contributed by atoms with Gasteiger partial charge in [-0.1, -0.05) is 0 Å². The summed E-state index contributed by atoms with van der Waals surface area (Å²) in [5, 5.41) is 9.00. The number of rotatable bonds is 0. The number of likely N-dealkylation sites (tertiary alicyclic amines) is 1. The standard InChI is InChI=1S/C5H10NO/c1-5(7)3-6(2)4-5/h7H,2-4H2,1H3. The van der Waals surface area contributed by atoms with Crippen molar-refractivity contribution in [3.8, 4) is 0 Å². The Bertz CT molecular complexity index is 72.1. The molecule has 0 aromatic heterocycles. The largest absolute Gasteiger partial charge is 0.388 e. The summed E-state index contributed by atoms with van der Waals surface area (Å²) in [6.07, 6.45) is 0. The van der Waals surface area contributed by atoms with Crippen LogP contribution in [0.2, 0.25) is 0 Å². The SMILES string of the molecule is [CH2]N1CC(C)(O)C1. The number of β-amino-alcohol motifs (C(OH)–C–C–N with tert-alkyl or cyclic N) is 1. The summed E-state index contributed by atoms with van der Waals surface area (Å²) in [5.41, 5.74) is -0.443. The molecule has 1 heterocycles. The van der Waals surface area contributed by atoms with E-state index in [0.717, 1.165) is 0 Å². The van der Waals surface area contributed by atoms with Crippen LogP contribution in [-0.4, -0.2) is 28.7 Å². The Hall–Kier alpha value is -0.0800. The van der Waals surface area contributed by atoms with E-state index in [9.17, 15) is 0 Å². The Balaban J connectivity index is 2.29. The summed E-state index contributed by atoms with van der Waals surface area (Å²) in [7, 11) is 3.61. The minimum absolute atomic E-state index is 0.443. The monoisotopic (exact) mass is 100 g/mol. The normalized spacial score (nSPS) is 29.6. The van der Waals surface area contributed by atoms with Crippen molar-refractivity contribution in [1.29, 1.82) is 0 Å². The van der Waals surface area contributed by atoms with Gasteiger partial charge in [0.2, 0.25) is 0 Å². The third kappa shape index (κ3) is 0.924. The average molecular weight is 100 g/mol. The average Bonchev–Trinajstić information content (AvgIpc) is 1.27. The molecule has 41 valence electrons. The summed E-state index contributed by atoms with van der Waals surface area (Å²) in [6.45, 7) is 3.24. The van der Waals surface area contributed by atoms with Gasteiger partial charge in [0.15, 0.2) is 0 Å². The Morgan fingerprint density at radius 1 is 1.71 bits per heavy atom. The highest BCUT2D eigenvalue weighted by Crippen LogP contribution is 2.17. The first-order valence-electron chi connectivity index (χ1n) is 2.38. The third-order valence-electron chi connectivity index (χ3n) is 1.13. The van der Waals surface area contributed by atoms with Crippen LogP contribution in [0.3, 0.4) is 0 Å². The quantitative estimate of drug-likeness (QED) is 0.457. The van der Waals surface area contributed by atoms with Crippen LogP contribution in [-0.2, 0) is 0 Å². The van der Waals surface area contributed by atoms with Gasteiger partial charge in [0.05, 0.1) is 5.60 Å². The van der Waals surface area contributed by atoms with E-state index in [1.807, 2.05) is 11.8 Å². The van der Waals surface area contributed by atoms with Crippen LogP contribution in [0.1, 0.15) is 6.92 Å². The second-order valence-electron chi connectivity index (χ2n) is 2.48. The highest BCUT2D eigenvalue weighted by molar-refractivity contribution is 4.90. The van der Waals surface area contributed by atoms with E-state index < -0.39 is 5.60 Å². The molecule has 1 aliphatic heterocycles. The van der Waals surface area contributed by atoms with Gasteiger partial charge >= 0.3 is 0 Å². The molecule has 1 saturated heterocycles. The maximum atomic E-state index is 9.00. The van der Waals surface area contributed by atoms with Crippen LogP contribution in [0.25, 0.3) is 0 Å². The van der Waals surface area contributed by atoms with Crippen LogP contribution in [0, 0.1) is 7.05 Å². The van der Waals surface area contributed by atoms with Crippen molar-refractivity contribution in [2.24, 2.45) is 0 Å². The molecule has 0 spiro atoms. The number of nitrogens with zero attached hydrogens (tertiary/aromatic N) is 1. The summed E-state index contributed by atoms with van der Waals surface area (Å²) < 4.78 is 0. The highest BCUT2D eigenvalue weighted by atomic mass is 16.3. The zero-order valence-electron chi connectivity index (χ0n) is 4.52. The Morgan fingerprint density at radius 2 is 2.14 bits per heavy atom. The lowest BCUT2D eigenvalue weighted by Gasteiger charge is -2.41. The van der Waals surface area contributed by atoms with Gasteiger partial charge in [0.25, 0.3) is 0 Å². The molecule has 0 atom stereocenters. The molecule has 0 aliphatic carbocycles. The van der Waals surface area contributed by atoms with Gasteiger partial charge in [-0.15, -0.1) is 0 Å². The second-order valence-corrected chi connectivity index (χ2v) is 2.48. The molecule has 0 amide bonds. The van der Waals surface area contributed by atoms with Gasteiger partial charge in [0, 0.05) is 20.1 Å². The first-order chi connectivity index (χ1) is 3.10. The summed E-state index contributed by atoms with van der Waals surface area (Å²) >= 11 is 0. The predicted molar refractivity (Wildman–Crippen MR) is 27.6 cm³/mol. The van der Waals surface area contributed by atoms with Crippen LogP contribution < -0.4 is 0 Å². The van der Waals surface area contributed by atoms with Gasteiger partial charge in [-0.3, -0.25) is 4.90 Å². The molecule has 0 saturated carbocycles. The fourth-order valence-electron chi connectivity index (χ4n) is 0.917. The molecule has 2 nitrogen and oxygen atoms in total. The van der Waals surface area contributed by atoms with Crippen LogP contribution >= 0.6 is 0 Å². The van der Waals surface area contributed by atoms with E-state index in [1.165, 1.54) is 0 Å². The molecule has 0 aromatic carbocycles. The third-order valence-corrected chi connectivity index (χ3v) is 1.13. The Kier molecular flexibility index (Phi) is 0.869. The van der Waals surface area contributed by atoms with E-state index in [2.05, 4.69) is 7.05 Å². The van der Waals surface area contributed by atoms with Crippen LogP contribution in [0.4, 0.5) is 0 Å². The maximum absolute atomic E-state index is 9.00. The minimum Gasteiger partial charge on any atom is -0.388 e. The minimum atomic E-state index is -0.443. The fourth-order valence-corrected chi connectivity index (χ4v) is 0.917. The Morgan fingerprint density at radius 3 is 2.14 bits per heavy atom. The molecule has 1 fully saturated rings. The molecule has 0 aromatic rings. The van der Waals surface area contributed by atoms with Crippen molar-refractivity contribution < 1.29 is 5.11 Å². The molecule has 1 rings (SSSR count). The van der Waals surface area contributed by atoms with E-state index in [0.29, 0.717) is 13.1 Å². The fraction of sp³-hybridized carbons (Fsp3) is 0.800. The number of hydrogen-bond donors (Lipinski definition) is 1. The van der Waals surface area contributed by atoms with Crippen LogP contribution in [0.5, 0.6) is 0 Å². The van der Waals surface area contributed by atoms with Crippen molar-refractivity contribution in [3.63, 3.8) is 0 Å². The lowest BCUT2D eigenvalue weighted by molar-refractivity contribution is -0.0618. The first kappa shape index (κ1) is 5.06. The predicted octanol–water partition coefficient (Wildman–Crippen LogP) is -0.155. The molecule has 1 radical (unpaired) electrons. The molecule has 1 N–H and O–H groups in total. The van der Waals surface area contributed by atoms with E-state index in [4.69, 9.17) is 5.11 Å². The molecular weight excluding hydrogens is 90.1 g/mol. The van der Waals surface area contributed by atoms with Gasteiger partial charge in [0.1, 0.15) is 0 Å². The van der Waals surface area contributed by atoms with E-state index in [-0.39, 0.29) is 0 Å². The van der Waals surface area contributed by atoms with Crippen molar-refractivity contribution in [2.45, 2.75) is 12.5 Å². The topological polar surface area (TPSA) is 23.5 Å². The zero-order chi connectivity index (χ0) is 5.49. The summed E-state index contributed by atoms with van der Waals surface area (Å²) in [4.78, 5) is 1.83. The Labute approximate surface area is 43.7 Å². The van der Waals surface area contributed by atoms with Gasteiger partial charge in [-0.05, 0) is 6.92 Å². The first-order valence-corrected chi connectivity index (χ1v) is 2.38. The zero-order valence-corrected chi connectivity index (χ0v) is 4.52. The van der Waals surface area contributed by atoms with Crippen molar-refractivity contribution >= 4 is 0 Å². The van der Waals surface area contributed by atoms with Gasteiger partial charge < -0.3 is 5.11 Å². The van der Waals surface area contributed by atoms with Crippen molar-refractivity contribution in [1.82, 2.24) is 4.90 Å². The summed E-state index contributed by atoms with van der Waals surface area (Å²) in [6, 6.07) is 0. The molecule has 2 heteroatoms. The lowest BCUT2D eigenvalue weighted by atomic mass is 9.98. The molecule has 0 bridgehead atoms. The van der Waals surface area contributed by atoms with E-state index in [1.54, 1.807) is 0 Å². The maximum Gasteiger partial charge on any atom is 0.0872 e. The van der Waals surface area contributed by atoms with Crippen LogP contribution in [0.15, 0.2) is 0 Å². The van der Waals surface area contributed by atoms with Gasteiger partial charge in [-0.2, -0.15) is 0 Å². The van der Waals surface area contributed by atoms with Gasteiger partial charge in [-0.25, -0.2) is 0 Å². The smallest absolute Gasteiger partial charge is 0.0872 e. The molecular formula is C5H10NO. The summed E-state index contributed by atoms with van der Waals surface area (Å²) in [5.74, 6) is 0. The lowest BCUT2D eigenvalue weighted by Crippen LogP contribution is -2.56. The second kappa shape index (κ2) is 1.20. The molecule has 7 heavy (non-hydrogen) atoms. The number of hydrogen-bond acceptors (Lipinski definition) is 2. The number of aliphatic hydroxyl groups is 1. The molecule has 1 aliphatic rings. The van der Waals surface area contributed by atoms with E-state index >= 15 is 0 Å². The van der Waals surface area contributed by atoms with Crippen molar-refractivity contribution in [2.75, 3.05) is 13.1 Å².